The first-order chi connectivity index (χ1) is 19.1. The number of hydrogen-bond donors (Lipinski definition) is 2. The van der Waals surface area contributed by atoms with Gasteiger partial charge in [-0.3, -0.25) is 0 Å². The van der Waals surface area contributed by atoms with E-state index in [0.717, 1.165) is 40.1 Å². The average Bonchev–Trinajstić information content (AvgIpc) is 2.97. The van der Waals surface area contributed by atoms with Gasteiger partial charge in [0.25, 0.3) is 0 Å². The molecule has 0 bridgehead atoms. The van der Waals surface area contributed by atoms with E-state index < -0.39 is 0 Å². The average molecular weight is 520 g/mol. The first-order valence-electron chi connectivity index (χ1n) is 13.4. The monoisotopic (exact) mass is 519 g/mol. The number of benzene rings is 4. The summed E-state index contributed by atoms with van der Waals surface area (Å²) in [4.78, 5) is 14.7. The van der Waals surface area contributed by atoms with Crippen molar-refractivity contribution in [3.05, 3.63) is 138 Å². The zero-order valence-electron chi connectivity index (χ0n) is 22.8. The minimum atomic E-state index is -0.174. The molecule has 0 saturated heterocycles. The van der Waals surface area contributed by atoms with E-state index in [1.807, 2.05) is 68.7 Å². The SMILES string of the molecule is CN(C)CCOc1ccc(/C(=C(/CCNC(=O)NCc2ccccc2)c2ccccc2)c2ccccc2)cc1. The van der Waals surface area contributed by atoms with Crippen LogP contribution in [-0.4, -0.2) is 44.7 Å². The van der Waals surface area contributed by atoms with E-state index >= 15 is 0 Å². The molecule has 0 aliphatic heterocycles. The Labute approximate surface area is 232 Å². The van der Waals surface area contributed by atoms with Crippen LogP contribution in [0.3, 0.4) is 0 Å². The van der Waals surface area contributed by atoms with Crippen LogP contribution in [0.1, 0.15) is 28.7 Å². The fourth-order valence-electron chi connectivity index (χ4n) is 4.38. The number of nitrogens with one attached hydrogen (secondary N) is 2. The van der Waals surface area contributed by atoms with Crippen LogP contribution in [0.15, 0.2) is 115 Å². The van der Waals surface area contributed by atoms with Crippen molar-refractivity contribution in [1.82, 2.24) is 15.5 Å². The molecule has 0 aliphatic rings. The third-order valence-electron chi connectivity index (χ3n) is 6.39. The smallest absolute Gasteiger partial charge is 0.315 e. The van der Waals surface area contributed by atoms with E-state index in [0.29, 0.717) is 26.1 Å². The second-order valence-electron chi connectivity index (χ2n) is 9.61. The number of carbonyl (C=O) groups excluding carboxylic acids is 1. The maximum atomic E-state index is 12.6. The molecule has 0 atom stereocenters. The Balaban J connectivity index is 1.58. The summed E-state index contributed by atoms with van der Waals surface area (Å²) >= 11 is 0. The van der Waals surface area contributed by atoms with Gasteiger partial charge in [-0.15, -0.1) is 0 Å². The Kier molecular flexibility index (Phi) is 10.3. The summed E-state index contributed by atoms with van der Waals surface area (Å²) in [5.41, 5.74) is 6.76. The predicted molar refractivity (Wildman–Crippen MR) is 161 cm³/mol. The Bertz CT molecular complexity index is 1320. The maximum Gasteiger partial charge on any atom is 0.315 e. The van der Waals surface area contributed by atoms with E-state index in [1.54, 1.807) is 0 Å². The molecule has 4 aromatic carbocycles. The minimum Gasteiger partial charge on any atom is -0.492 e. The van der Waals surface area contributed by atoms with Crippen molar-refractivity contribution >= 4 is 17.2 Å². The van der Waals surface area contributed by atoms with E-state index in [9.17, 15) is 4.79 Å². The molecule has 0 saturated carbocycles. The van der Waals surface area contributed by atoms with E-state index in [2.05, 4.69) is 76.2 Å². The number of nitrogens with zero attached hydrogens (tertiary/aromatic N) is 1. The van der Waals surface area contributed by atoms with Gasteiger partial charge < -0.3 is 20.3 Å². The number of carbonyl (C=O) groups is 1. The lowest BCUT2D eigenvalue weighted by atomic mass is 9.88. The number of ether oxygens (including phenoxy) is 1. The van der Waals surface area contributed by atoms with Gasteiger partial charge in [-0.05, 0) is 66.0 Å². The fraction of sp³-hybridized carbons (Fsp3) is 0.206. The first kappa shape index (κ1) is 27.7. The molecule has 2 amide bonds. The molecule has 200 valence electrons. The molecule has 0 spiro atoms. The summed E-state index contributed by atoms with van der Waals surface area (Å²) in [7, 11) is 4.08. The normalized spacial score (nSPS) is 11.6. The van der Waals surface area contributed by atoms with Crippen molar-refractivity contribution in [1.29, 1.82) is 0 Å². The molecule has 0 unspecified atom stereocenters. The molecular formula is C34H37N3O2. The third kappa shape index (κ3) is 8.59. The molecule has 0 aliphatic carbocycles. The van der Waals surface area contributed by atoms with Crippen LogP contribution in [0.25, 0.3) is 11.1 Å². The third-order valence-corrected chi connectivity index (χ3v) is 6.39. The van der Waals surface area contributed by atoms with Crippen molar-refractivity contribution < 1.29 is 9.53 Å². The summed E-state index contributed by atoms with van der Waals surface area (Å²) in [6, 6.07) is 38.9. The van der Waals surface area contributed by atoms with Crippen LogP contribution >= 0.6 is 0 Å². The number of rotatable bonds is 12. The number of urea groups is 1. The lowest BCUT2D eigenvalue weighted by Crippen LogP contribution is -2.35. The van der Waals surface area contributed by atoms with Crippen molar-refractivity contribution in [3.8, 4) is 5.75 Å². The van der Waals surface area contributed by atoms with Crippen LogP contribution in [0, 0.1) is 0 Å². The Morgan fingerprint density at radius 1 is 0.692 bits per heavy atom. The van der Waals surface area contributed by atoms with Crippen molar-refractivity contribution in [2.45, 2.75) is 13.0 Å². The maximum absolute atomic E-state index is 12.6. The molecule has 2 N–H and O–H groups in total. The molecule has 5 nitrogen and oxygen atoms in total. The minimum absolute atomic E-state index is 0.174. The summed E-state index contributed by atoms with van der Waals surface area (Å²) in [5, 5.41) is 6.00. The van der Waals surface area contributed by atoms with Gasteiger partial charge in [-0.2, -0.15) is 0 Å². The first-order valence-corrected chi connectivity index (χ1v) is 13.4. The van der Waals surface area contributed by atoms with Crippen molar-refractivity contribution in [3.63, 3.8) is 0 Å². The summed E-state index contributed by atoms with van der Waals surface area (Å²) in [6.45, 7) is 2.50. The van der Waals surface area contributed by atoms with Crippen LogP contribution < -0.4 is 15.4 Å². The van der Waals surface area contributed by atoms with E-state index in [-0.39, 0.29) is 6.03 Å². The Morgan fingerprint density at radius 2 is 1.26 bits per heavy atom. The quantitative estimate of drug-likeness (QED) is 0.211. The molecule has 5 heteroatoms. The molecule has 0 aromatic heterocycles. The fourth-order valence-corrected chi connectivity index (χ4v) is 4.38. The van der Waals surface area contributed by atoms with Gasteiger partial charge in [0, 0.05) is 19.6 Å². The zero-order valence-corrected chi connectivity index (χ0v) is 22.8. The lowest BCUT2D eigenvalue weighted by molar-refractivity contribution is 0.240. The van der Waals surface area contributed by atoms with Gasteiger partial charge >= 0.3 is 6.03 Å². The van der Waals surface area contributed by atoms with Gasteiger partial charge in [0.15, 0.2) is 0 Å². The molecule has 4 rings (SSSR count). The van der Waals surface area contributed by atoms with Crippen molar-refractivity contribution in [2.75, 3.05) is 33.8 Å². The molecule has 0 heterocycles. The number of amides is 2. The highest BCUT2D eigenvalue weighted by Crippen LogP contribution is 2.35. The zero-order chi connectivity index (χ0) is 27.3. The summed E-state index contributed by atoms with van der Waals surface area (Å²) in [5.74, 6) is 0.853. The van der Waals surface area contributed by atoms with Gasteiger partial charge in [0.2, 0.25) is 0 Å². The predicted octanol–water partition coefficient (Wildman–Crippen LogP) is 6.48. The van der Waals surface area contributed by atoms with Gasteiger partial charge in [-0.25, -0.2) is 4.79 Å². The van der Waals surface area contributed by atoms with Gasteiger partial charge in [0.1, 0.15) is 12.4 Å². The highest BCUT2D eigenvalue weighted by molar-refractivity contribution is 5.98. The van der Waals surface area contributed by atoms with E-state index in [4.69, 9.17) is 4.74 Å². The molecular weight excluding hydrogens is 482 g/mol. The summed E-state index contributed by atoms with van der Waals surface area (Å²) in [6.07, 6.45) is 0.675. The highest BCUT2D eigenvalue weighted by Gasteiger charge is 2.15. The standard InChI is InChI=1S/C34H37N3O2/c1-37(2)24-25-39-31-20-18-30(19-21-31)33(29-16-10-5-11-17-29)32(28-14-8-4-9-15-28)22-23-35-34(38)36-26-27-12-6-3-7-13-27/h3-21H,22-26H2,1-2H3,(H2,35,36,38)/b33-32-. The largest absolute Gasteiger partial charge is 0.492 e. The highest BCUT2D eigenvalue weighted by atomic mass is 16.5. The van der Waals surface area contributed by atoms with Crippen LogP contribution in [0.5, 0.6) is 5.75 Å². The number of hydrogen-bond acceptors (Lipinski definition) is 3. The molecule has 4 aromatic rings. The lowest BCUT2D eigenvalue weighted by Gasteiger charge is -2.18. The Morgan fingerprint density at radius 3 is 1.87 bits per heavy atom. The van der Waals surface area contributed by atoms with Crippen LogP contribution in [0.2, 0.25) is 0 Å². The molecule has 39 heavy (non-hydrogen) atoms. The second kappa shape index (κ2) is 14.6. The van der Waals surface area contributed by atoms with Gasteiger partial charge in [-0.1, -0.05) is 103 Å². The topological polar surface area (TPSA) is 53.6 Å². The van der Waals surface area contributed by atoms with E-state index in [1.165, 1.54) is 5.57 Å². The van der Waals surface area contributed by atoms with Crippen LogP contribution in [-0.2, 0) is 6.54 Å². The Hall–Kier alpha value is -4.35. The molecule has 0 radical (unpaired) electrons. The van der Waals surface area contributed by atoms with Crippen LogP contribution in [0.4, 0.5) is 4.79 Å². The molecule has 0 fully saturated rings. The van der Waals surface area contributed by atoms with Gasteiger partial charge in [0.05, 0.1) is 0 Å². The number of likely N-dealkylation sites (N-methyl/N-ethyl adjacent to an activating group) is 1. The summed E-state index contributed by atoms with van der Waals surface area (Å²) < 4.78 is 5.94. The van der Waals surface area contributed by atoms with Crippen molar-refractivity contribution in [2.24, 2.45) is 0 Å². The second-order valence-corrected chi connectivity index (χ2v) is 9.61.